The highest BCUT2D eigenvalue weighted by atomic mass is 127. The van der Waals surface area contributed by atoms with Crippen molar-refractivity contribution in [2.75, 3.05) is 40.5 Å². The van der Waals surface area contributed by atoms with Crippen LogP contribution in [0, 0.1) is 7.14 Å². The first-order valence-electron chi connectivity index (χ1n) is 9.16. The molecule has 0 atom stereocenters. The molecule has 0 aliphatic carbocycles. The van der Waals surface area contributed by atoms with Crippen molar-refractivity contribution < 1.29 is 33.1 Å². The van der Waals surface area contributed by atoms with Crippen LogP contribution in [0.4, 0.5) is 0 Å². The molecule has 0 unspecified atom stereocenters. The third-order valence-electron chi connectivity index (χ3n) is 3.94. The first kappa shape index (κ1) is 26.4. The molecule has 170 valence electrons. The number of phosphoric acid groups is 1. The van der Waals surface area contributed by atoms with Crippen molar-refractivity contribution in [2.24, 2.45) is 0 Å². The second-order valence-electron chi connectivity index (χ2n) is 6.21. The van der Waals surface area contributed by atoms with E-state index in [2.05, 4.69) is 55.0 Å². The number of methoxy groups -OCH3 is 2. The van der Waals surface area contributed by atoms with E-state index in [0.717, 1.165) is 44.8 Å². The van der Waals surface area contributed by atoms with Crippen molar-refractivity contribution in [1.82, 2.24) is 5.32 Å². The van der Waals surface area contributed by atoms with Gasteiger partial charge in [0, 0.05) is 13.1 Å². The van der Waals surface area contributed by atoms with E-state index in [1.165, 1.54) is 13.2 Å². The Morgan fingerprint density at radius 3 is 2.03 bits per heavy atom. The fraction of sp³-hybridized carbons (Fsp3) is 0.300. The zero-order valence-corrected chi connectivity index (χ0v) is 22.2. The largest absolute Gasteiger partial charge is 0.524 e. The molecule has 2 aromatic carbocycles. The summed E-state index contributed by atoms with van der Waals surface area (Å²) < 4.78 is 33.1. The zero-order chi connectivity index (χ0) is 22.9. The van der Waals surface area contributed by atoms with Crippen molar-refractivity contribution in [3.05, 3.63) is 48.6 Å². The molecular formula is C20H24I2NO7P. The number of nitrogens with one attached hydrogen (secondary N) is 1. The predicted molar refractivity (Wildman–Crippen MR) is 137 cm³/mol. The molecule has 1 aliphatic heterocycles. The van der Waals surface area contributed by atoms with Gasteiger partial charge in [0.15, 0.2) is 11.5 Å². The van der Waals surface area contributed by atoms with Gasteiger partial charge in [0.2, 0.25) is 0 Å². The fourth-order valence-corrected chi connectivity index (χ4v) is 5.23. The predicted octanol–water partition coefficient (Wildman–Crippen LogP) is 4.16. The highest BCUT2D eigenvalue weighted by molar-refractivity contribution is 14.1. The molecule has 0 aromatic heterocycles. The quantitative estimate of drug-likeness (QED) is 0.239. The van der Waals surface area contributed by atoms with Crippen molar-refractivity contribution in [1.29, 1.82) is 0 Å². The van der Waals surface area contributed by atoms with E-state index in [9.17, 15) is 4.57 Å². The number of hydrogen-bond acceptors (Lipinski definition) is 6. The Morgan fingerprint density at radius 1 is 0.968 bits per heavy atom. The van der Waals surface area contributed by atoms with Crippen LogP contribution in [0.3, 0.4) is 0 Å². The molecule has 3 rings (SSSR count). The molecule has 0 bridgehead atoms. The van der Waals surface area contributed by atoms with Crippen LogP contribution in [-0.2, 0) is 9.30 Å². The van der Waals surface area contributed by atoms with Crippen LogP contribution >= 0.6 is 53.0 Å². The molecule has 2 aromatic rings. The Bertz CT molecular complexity index is 911. The number of benzene rings is 2. The van der Waals surface area contributed by atoms with Gasteiger partial charge in [-0.1, -0.05) is 18.2 Å². The van der Waals surface area contributed by atoms with Crippen molar-refractivity contribution >= 4 is 65.2 Å². The summed E-state index contributed by atoms with van der Waals surface area (Å²) in [5.74, 6) is 1.06. The molecule has 11 heteroatoms. The van der Waals surface area contributed by atoms with Crippen LogP contribution in [0.1, 0.15) is 11.1 Å². The van der Waals surface area contributed by atoms with Gasteiger partial charge in [0.05, 0.1) is 34.6 Å². The Labute approximate surface area is 208 Å². The van der Waals surface area contributed by atoms with Gasteiger partial charge in [-0.25, -0.2) is 4.57 Å². The van der Waals surface area contributed by atoms with Gasteiger partial charge in [-0.3, -0.25) is 9.79 Å². The lowest BCUT2D eigenvalue weighted by molar-refractivity contribution is 0.109. The monoisotopic (exact) mass is 675 g/mol. The molecule has 0 radical (unpaired) electrons. The van der Waals surface area contributed by atoms with Gasteiger partial charge >= 0.3 is 7.82 Å². The molecule has 8 nitrogen and oxygen atoms in total. The maximum absolute atomic E-state index is 11.1. The molecule has 31 heavy (non-hydrogen) atoms. The average Bonchev–Trinajstić information content (AvgIpc) is 2.73. The summed E-state index contributed by atoms with van der Waals surface area (Å²) in [6, 6.07) is 8.82. The van der Waals surface area contributed by atoms with E-state index in [0.29, 0.717) is 5.56 Å². The van der Waals surface area contributed by atoms with E-state index in [1.54, 1.807) is 19.2 Å². The Balaban J connectivity index is 0.000000488. The van der Waals surface area contributed by atoms with Gasteiger partial charge in [-0.15, -0.1) is 0 Å². The minimum Gasteiger partial charge on any atom is -0.495 e. The standard InChI is InChI=1S/C16H15I2O6P.C4H9NO/c1-22-14-6-5-10(9-15(14)24-25(19,20)21)3-4-11-7-12(17)16(23-2)13(18)8-11;1-3-6-4-2-5-1/h3-9H,1-2H3,(H2,19,20,21);5H,1-4H2/b4-3-;. The molecule has 0 saturated carbocycles. The summed E-state index contributed by atoms with van der Waals surface area (Å²) >= 11 is 4.42. The minimum atomic E-state index is -4.67. The summed E-state index contributed by atoms with van der Waals surface area (Å²) in [5, 5.41) is 3.16. The maximum Gasteiger partial charge on any atom is 0.524 e. The zero-order valence-electron chi connectivity index (χ0n) is 17.0. The van der Waals surface area contributed by atoms with Gasteiger partial charge in [0.1, 0.15) is 5.75 Å². The minimum absolute atomic E-state index is 0.0168. The number of hydrogen-bond donors (Lipinski definition) is 3. The normalized spacial score (nSPS) is 14.0. The molecule has 3 N–H and O–H groups in total. The highest BCUT2D eigenvalue weighted by Crippen LogP contribution is 2.42. The third-order valence-corrected chi connectivity index (χ3v) is 5.98. The van der Waals surface area contributed by atoms with Gasteiger partial charge in [-0.05, 0) is 80.6 Å². The van der Waals surface area contributed by atoms with Gasteiger partial charge in [-0.2, -0.15) is 0 Å². The second kappa shape index (κ2) is 13.0. The smallest absolute Gasteiger partial charge is 0.495 e. The van der Waals surface area contributed by atoms with Gasteiger partial charge in [0.25, 0.3) is 0 Å². The Hall–Kier alpha value is -0.890. The highest BCUT2D eigenvalue weighted by Gasteiger charge is 2.19. The molecule has 1 heterocycles. The summed E-state index contributed by atoms with van der Waals surface area (Å²) in [6.45, 7) is 3.83. The molecule has 1 fully saturated rings. The van der Waals surface area contributed by atoms with Crippen LogP contribution in [0.25, 0.3) is 12.2 Å². The lowest BCUT2D eigenvalue weighted by atomic mass is 10.1. The third kappa shape index (κ3) is 9.24. The molecule has 1 saturated heterocycles. The average molecular weight is 675 g/mol. The van der Waals surface area contributed by atoms with E-state index < -0.39 is 7.82 Å². The van der Waals surface area contributed by atoms with Crippen LogP contribution in [0.15, 0.2) is 30.3 Å². The van der Waals surface area contributed by atoms with Crippen LogP contribution in [0.2, 0.25) is 0 Å². The number of morpholine rings is 1. The molecule has 0 spiro atoms. The van der Waals surface area contributed by atoms with Gasteiger partial charge < -0.3 is 24.1 Å². The summed E-state index contributed by atoms with van der Waals surface area (Å²) in [4.78, 5) is 18.0. The SMILES string of the molecule is C1COCCN1.COc1ccc(/C=C\c2cc(I)c(OC)c(I)c2)cc1OP(=O)(O)O. The molecule has 0 amide bonds. The maximum atomic E-state index is 11.1. The summed E-state index contributed by atoms with van der Waals surface area (Å²) in [6.07, 6.45) is 3.72. The number of phosphoric ester groups is 1. The summed E-state index contributed by atoms with van der Waals surface area (Å²) in [5.41, 5.74) is 1.69. The van der Waals surface area contributed by atoms with E-state index in [-0.39, 0.29) is 11.5 Å². The Kier molecular flexibility index (Phi) is 11.0. The first-order valence-corrected chi connectivity index (χ1v) is 12.8. The van der Waals surface area contributed by atoms with Crippen molar-refractivity contribution in [3.8, 4) is 17.2 Å². The number of ether oxygens (including phenoxy) is 3. The van der Waals surface area contributed by atoms with Crippen molar-refractivity contribution in [3.63, 3.8) is 0 Å². The topological polar surface area (TPSA) is 106 Å². The first-order chi connectivity index (χ1) is 14.7. The molecule has 1 aliphatic rings. The van der Waals surface area contributed by atoms with Crippen molar-refractivity contribution in [2.45, 2.75) is 0 Å². The number of rotatable bonds is 6. The lowest BCUT2D eigenvalue weighted by Crippen LogP contribution is -2.30. The Morgan fingerprint density at radius 2 is 1.58 bits per heavy atom. The van der Waals surface area contributed by atoms with E-state index >= 15 is 0 Å². The van der Waals surface area contributed by atoms with E-state index in [4.69, 9.17) is 24.0 Å². The summed E-state index contributed by atoms with van der Waals surface area (Å²) in [7, 11) is -1.63. The second-order valence-corrected chi connectivity index (χ2v) is 9.69. The number of halogens is 2. The fourth-order valence-electron chi connectivity index (χ4n) is 2.58. The van der Waals surface area contributed by atoms with E-state index in [1.807, 2.05) is 24.3 Å². The van der Waals surface area contributed by atoms with Crippen LogP contribution < -0.4 is 19.3 Å². The van der Waals surface area contributed by atoms with Crippen LogP contribution in [-0.4, -0.2) is 50.3 Å². The lowest BCUT2D eigenvalue weighted by Gasteiger charge is -2.11. The molecular weight excluding hydrogens is 651 g/mol. The van der Waals surface area contributed by atoms with Crippen LogP contribution in [0.5, 0.6) is 17.2 Å².